The maximum absolute atomic E-state index is 12.7. The Hall–Kier alpha value is -2.35. The van der Waals surface area contributed by atoms with Crippen molar-refractivity contribution in [2.45, 2.75) is 19.0 Å². The van der Waals surface area contributed by atoms with Crippen LogP contribution in [0.3, 0.4) is 0 Å². The number of piperazine rings is 1. The highest BCUT2D eigenvalue weighted by Crippen LogP contribution is 2.30. The monoisotopic (exact) mass is 366 g/mol. The van der Waals surface area contributed by atoms with Gasteiger partial charge in [0, 0.05) is 32.9 Å². The van der Waals surface area contributed by atoms with E-state index in [0.717, 1.165) is 23.4 Å². The zero-order valence-corrected chi connectivity index (χ0v) is 14.7. The van der Waals surface area contributed by atoms with Gasteiger partial charge in [-0.3, -0.25) is 14.4 Å². The third-order valence-electron chi connectivity index (χ3n) is 4.64. The van der Waals surface area contributed by atoms with Crippen LogP contribution in [0.5, 0.6) is 0 Å². The lowest BCUT2D eigenvalue weighted by atomic mass is 9.99. The van der Waals surface area contributed by atoms with E-state index in [4.69, 9.17) is 0 Å². The molecule has 0 bridgehead atoms. The summed E-state index contributed by atoms with van der Waals surface area (Å²) in [7, 11) is 1.80. The van der Waals surface area contributed by atoms with Gasteiger partial charge in [-0.2, -0.15) is 18.3 Å². The van der Waals surface area contributed by atoms with Crippen LogP contribution in [0.2, 0.25) is 0 Å². The Morgan fingerprint density at radius 2 is 1.88 bits per heavy atom. The van der Waals surface area contributed by atoms with Crippen molar-refractivity contribution in [3.05, 3.63) is 47.8 Å². The summed E-state index contributed by atoms with van der Waals surface area (Å²) in [5.41, 5.74) is 0.974. The molecule has 5 nitrogen and oxygen atoms in total. The fourth-order valence-electron chi connectivity index (χ4n) is 3.19. The van der Waals surface area contributed by atoms with E-state index in [2.05, 4.69) is 5.10 Å². The van der Waals surface area contributed by atoms with Crippen molar-refractivity contribution in [3.63, 3.8) is 0 Å². The zero-order valence-electron chi connectivity index (χ0n) is 14.7. The van der Waals surface area contributed by atoms with Crippen molar-refractivity contribution in [2.24, 2.45) is 7.05 Å². The highest BCUT2D eigenvalue weighted by atomic mass is 19.4. The van der Waals surface area contributed by atoms with Crippen molar-refractivity contribution in [1.82, 2.24) is 14.7 Å². The molecule has 0 saturated carbocycles. The molecule has 1 aliphatic heterocycles. The minimum atomic E-state index is -4.32. The number of amides is 1. The van der Waals surface area contributed by atoms with Crippen molar-refractivity contribution in [2.75, 3.05) is 31.1 Å². The Balaban J connectivity index is 1.59. The van der Waals surface area contributed by atoms with Gasteiger partial charge in [-0.25, -0.2) is 0 Å². The molecule has 2 aromatic rings. The Kier molecular flexibility index (Phi) is 5.04. The molecule has 1 fully saturated rings. The van der Waals surface area contributed by atoms with Crippen molar-refractivity contribution >= 4 is 11.6 Å². The summed E-state index contributed by atoms with van der Waals surface area (Å²) in [6, 6.07) is 5.25. The number of aromatic nitrogens is 2. The molecule has 0 radical (unpaired) electrons. The SMILES string of the molecule is C[C@@H](CN1CCN(c2cnn(C)c2)C(=O)C1)c1ccc(C(F)(F)F)cc1. The Bertz CT molecular complexity index is 769. The number of benzene rings is 1. The van der Waals surface area contributed by atoms with E-state index < -0.39 is 11.7 Å². The van der Waals surface area contributed by atoms with Crippen LogP contribution in [0, 0.1) is 0 Å². The first-order valence-corrected chi connectivity index (χ1v) is 8.42. The van der Waals surface area contributed by atoms with Crippen LogP contribution in [0.15, 0.2) is 36.7 Å². The molecule has 1 atom stereocenters. The van der Waals surface area contributed by atoms with E-state index in [1.807, 2.05) is 11.8 Å². The average molecular weight is 366 g/mol. The second-order valence-corrected chi connectivity index (χ2v) is 6.67. The predicted octanol–water partition coefficient (Wildman–Crippen LogP) is 2.89. The maximum Gasteiger partial charge on any atom is 0.416 e. The summed E-state index contributed by atoms with van der Waals surface area (Å²) in [4.78, 5) is 16.2. The molecule has 1 saturated heterocycles. The summed E-state index contributed by atoms with van der Waals surface area (Å²) in [6.45, 7) is 4.16. The lowest BCUT2D eigenvalue weighted by Crippen LogP contribution is -2.51. The molecule has 0 spiro atoms. The second-order valence-electron chi connectivity index (χ2n) is 6.67. The first-order chi connectivity index (χ1) is 12.2. The number of halogens is 3. The molecule has 140 valence electrons. The van der Waals surface area contributed by atoms with Gasteiger partial charge in [-0.05, 0) is 23.6 Å². The topological polar surface area (TPSA) is 41.4 Å². The molecule has 0 unspecified atom stereocenters. The number of aryl methyl sites for hydroxylation is 1. The number of hydrogen-bond donors (Lipinski definition) is 0. The lowest BCUT2D eigenvalue weighted by molar-refractivity contribution is -0.137. The molecule has 1 amide bonds. The molecule has 2 heterocycles. The Morgan fingerprint density at radius 1 is 1.19 bits per heavy atom. The van der Waals surface area contributed by atoms with Gasteiger partial charge in [0.1, 0.15) is 0 Å². The third-order valence-corrected chi connectivity index (χ3v) is 4.64. The van der Waals surface area contributed by atoms with Gasteiger partial charge in [0.05, 0.1) is 24.0 Å². The van der Waals surface area contributed by atoms with Gasteiger partial charge in [-0.15, -0.1) is 0 Å². The smallest absolute Gasteiger partial charge is 0.307 e. The summed E-state index contributed by atoms with van der Waals surface area (Å²) >= 11 is 0. The van der Waals surface area contributed by atoms with Gasteiger partial charge >= 0.3 is 6.18 Å². The van der Waals surface area contributed by atoms with Crippen LogP contribution in [0.4, 0.5) is 18.9 Å². The first-order valence-electron chi connectivity index (χ1n) is 8.42. The number of anilines is 1. The summed E-state index contributed by atoms with van der Waals surface area (Å²) < 4.78 is 39.6. The summed E-state index contributed by atoms with van der Waals surface area (Å²) in [5.74, 6) is 0.0406. The second kappa shape index (κ2) is 7.11. The van der Waals surface area contributed by atoms with Crippen LogP contribution in [0.1, 0.15) is 24.0 Å². The molecule has 3 rings (SSSR count). The largest absolute Gasteiger partial charge is 0.416 e. The van der Waals surface area contributed by atoms with Crippen molar-refractivity contribution in [3.8, 4) is 0 Å². The van der Waals surface area contributed by atoms with Gasteiger partial charge < -0.3 is 4.90 Å². The van der Waals surface area contributed by atoms with Crippen LogP contribution >= 0.6 is 0 Å². The molecular formula is C18H21F3N4O. The molecule has 1 aliphatic rings. The van der Waals surface area contributed by atoms with Crippen molar-refractivity contribution in [1.29, 1.82) is 0 Å². The van der Waals surface area contributed by atoms with Gasteiger partial charge in [0.15, 0.2) is 0 Å². The molecule has 0 aliphatic carbocycles. The highest BCUT2D eigenvalue weighted by molar-refractivity contribution is 5.95. The minimum Gasteiger partial charge on any atom is -0.307 e. The van der Waals surface area contributed by atoms with E-state index >= 15 is 0 Å². The van der Waals surface area contributed by atoms with Crippen LogP contribution in [-0.4, -0.2) is 46.8 Å². The molecule has 1 aromatic heterocycles. The Labute approximate surface area is 150 Å². The number of carbonyl (C=O) groups is 1. The van der Waals surface area contributed by atoms with E-state index in [-0.39, 0.29) is 11.8 Å². The third kappa shape index (κ3) is 4.07. The van der Waals surface area contributed by atoms with Crippen LogP contribution in [0.25, 0.3) is 0 Å². The fourth-order valence-corrected chi connectivity index (χ4v) is 3.19. The number of rotatable bonds is 4. The highest BCUT2D eigenvalue weighted by Gasteiger charge is 2.30. The molecular weight excluding hydrogens is 345 g/mol. The summed E-state index contributed by atoms with van der Waals surface area (Å²) in [5, 5.41) is 4.09. The van der Waals surface area contributed by atoms with E-state index in [9.17, 15) is 18.0 Å². The average Bonchev–Trinajstić information content (AvgIpc) is 3.00. The normalized spacial score (nSPS) is 17.6. The number of nitrogens with zero attached hydrogens (tertiary/aromatic N) is 4. The summed E-state index contributed by atoms with van der Waals surface area (Å²) in [6.07, 6.45) is -0.854. The minimum absolute atomic E-state index is 0.00358. The van der Waals surface area contributed by atoms with Crippen LogP contribution in [-0.2, 0) is 18.0 Å². The molecule has 8 heteroatoms. The number of carbonyl (C=O) groups excluding carboxylic acids is 1. The standard InChI is InChI=1S/C18H21F3N4O/c1-13(14-3-5-15(6-4-14)18(19,20)21)10-24-7-8-25(17(26)12-24)16-9-22-23(2)11-16/h3-6,9,11,13H,7-8,10,12H2,1-2H3/t13-/m0/s1. The molecule has 26 heavy (non-hydrogen) atoms. The zero-order chi connectivity index (χ0) is 18.9. The quantitative estimate of drug-likeness (QED) is 0.836. The predicted molar refractivity (Wildman–Crippen MR) is 91.9 cm³/mol. The molecule has 0 N–H and O–H groups in total. The van der Waals surface area contributed by atoms with E-state index in [1.54, 1.807) is 29.0 Å². The van der Waals surface area contributed by atoms with Gasteiger partial charge in [0.25, 0.3) is 0 Å². The fraction of sp³-hybridized carbons (Fsp3) is 0.444. The molecule has 1 aromatic carbocycles. The Morgan fingerprint density at radius 3 is 2.42 bits per heavy atom. The number of hydrogen-bond acceptors (Lipinski definition) is 3. The van der Waals surface area contributed by atoms with Crippen molar-refractivity contribution < 1.29 is 18.0 Å². The first kappa shape index (κ1) is 18.4. The maximum atomic E-state index is 12.7. The number of alkyl halides is 3. The lowest BCUT2D eigenvalue weighted by Gasteiger charge is -2.35. The van der Waals surface area contributed by atoms with Gasteiger partial charge in [0.2, 0.25) is 5.91 Å². The van der Waals surface area contributed by atoms with E-state index in [0.29, 0.717) is 26.2 Å². The van der Waals surface area contributed by atoms with E-state index in [1.165, 1.54) is 12.1 Å². The van der Waals surface area contributed by atoms with Crippen LogP contribution < -0.4 is 4.90 Å². The van der Waals surface area contributed by atoms with Gasteiger partial charge in [-0.1, -0.05) is 19.1 Å².